The molecule has 2 aromatic carbocycles. The summed E-state index contributed by atoms with van der Waals surface area (Å²) < 4.78 is 0. The third kappa shape index (κ3) is 7.86. The van der Waals surface area contributed by atoms with E-state index in [0.29, 0.717) is 28.9 Å². The highest BCUT2D eigenvalue weighted by atomic mass is 35.5. The van der Waals surface area contributed by atoms with Crippen molar-refractivity contribution in [2.24, 2.45) is 0 Å². The minimum Gasteiger partial charge on any atom is -0.354 e. The monoisotopic (exact) mass is 466 g/mol. The molecule has 2 aromatic rings. The number of rotatable bonds is 11. The Hall–Kier alpha value is -1.69. The quantitative estimate of drug-likeness (QED) is 0.440. The van der Waals surface area contributed by atoms with Crippen molar-refractivity contribution < 1.29 is 9.59 Å². The van der Waals surface area contributed by atoms with E-state index in [0.717, 1.165) is 24.0 Å². The van der Waals surface area contributed by atoms with E-state index in [1.807, 2.05) is 36.4 Å². The van der Waals surface area contributed by atoms with E-state index >= 15 is 0 Å². The number of amides is 2. The Morgan fingerprint density at radius 1 is 1.13 bits per heavy atom. The van der Waals surface area contributed by atoms with Crippen LogP contribution in [0.25, 0.3) is 0 Å². The van der Waals surface area contributed by atoms with Crippen LogP contribution in [0.1, 0.15) is 37.8 Å². The predicted octanol–water partition coefficient (Wildman–Crippen LogP) is 5.56. The molecule has 0 aromatic heterocycles. The Morgan fingerprint density at radius 2 is 1.87 bits per heavy atom. The van der Waals surface area contributed by atoms with E-state index in [-0.39, 0.29) is 17.6 Å². The first kappa shape index (κ1) is 24.6. The van der Waals surface area contributed by atoms with Crippen LogP contribution >= 0.6 is 35.0 Å². The zero-order valence-electron chi connectivity index (χ0n) is 17.4. The molecule has 0 bridgehead atoms. The Kier molecular flexibility index (Phi) is 10.6. The fourth-order valence-corrected chi connectivity index (χ4v) is 4.34. The third-order valence-electron chi connectivity index (χ3n) is 4.69. The summed E-state index contributed by atoms with van der Waals surface area (Å²) in [5.74, 6) is 0.654. The van der Waals surface area contributed by atoms with Crippen molar-refractivity contribution in [3.63, 3.8) is 0 Å². The standard InChI is InChI=1S/C23H28Cl2N2O2S/c1-3-4-12-26-23(29)17(2)27(14-18-8-6-5-7-9-18)22(28)16-30-15-19-10-11-20(24)13-21(19)25/h5-11,13,17H,3-4,12,14-16H2,1-2H3,(H,26,29). The lowest BCUT2D eigenvalue weighted by Gasteiger charge is -2.28. The van der Waals surface area contributed by atoms with Crippen molar-refractivity contribution in [1.29, 1.82) is 0 Å². The Bertz CT molecular complexity index is 833. The number of thioether (sulfide) groups is 1. The van der Waals surface area contributed by atoms with Crippen molar-refractivity contribution in [2.45, 2.75) is 45.0 Å². The molecule has 1 N–H and O–H groups in total. The molecule has 0 aliphatic rings. The van der Waals surface area contributed by atoms with Crippen LogP contribution in [0.2, 0.25) is 10.0 Å². The highest BCUT2D eigenvalue weighted by Gasteiger charge is 2.25. The van der Waals surface area contributed by atoms with Gasteiger partial charge in [0.05, 0.1) is 5.75 Å². The fraction of sp³-hybridized carbons (Fsp3) is 0.391. The normalized spacial score (nSPS) is 11.7. The number of hydrogen-bond donors (Lipinski definition) is 1. The number of unbranched alkanes of at least 4 members (excludes halogenated alkanes) is 1. The van der Waals surface area contributed by atoms with Crippen LogP contribution in [0.3, 0.4) is 0 Å². The van der Waals surface area contributed by atoms with Crippen LogP contribution in [0.5, 0.6) is 0 Å². The van der Waals surface area contributed by atoms with Gasteiger partial charge < -0.3 is 10.2 Å². The van der Waals surface area contributed by atoms with Gasteiger partial charge in [-0.1, -0.05) is 72.9 Å². The molecule has 0 spiro atoms. The van der Waals surface area contributed by atoms with Crippen molar-refractivity contribution in [2.75, 3.05) is 12.3 Å². The van der Waals surface area contributed by atoms with E-state index in [1.165, 1.54) is 11.8 Å². The van der Waals surface area contributed by atoms with Gasteiger partial charge in [0.2, 0.25) is 11.8 Å². The summed E-state index contributed by atoms with van der Waals surface area (Å²) in [6, 6.07) is 14.5. The maximum absolute atomic E-state index is 13.0. The molecule has 4 nitrogen and oxygen atoms in total. The molecular weight excluding hydrogens is 439 g/mol. The first-order valence-corrected chi connectivity index (χ1v) is 12.0. The lowest BCUT2D eigenvalue weighted by molar-refractivity contribution is -0.138. The van der Waals surface area contributed by atoms with Gasteiger partial charge in [-0.2, -0.15) is 0 Å². The molecule has 0 saturated carbocycles. The van der Waals surface area contributed by atoms with Crippen molar-refractivity contribution in [3.05, 3.63) is 69.7 Å². The van der Waals surface area contributed by atoms with E-state index in [2.05, 4.69) is 12.2 Å². The molecule has 162 valence electrons. The Balaban J connectivity index is 2.02. The number of halogens is 2. The van der Waals surface area contributed by atoms with Crippen LogP contribution in [0.4, 0.5) is 0 Å². The van der Waals surface area contributed by atoms with Crippen LogP contribution in [-0.2, 0) is 21.9 Å². The molecule has 0 radical (unpaired) electrons. The molecule has 7 heteroatoms. The number of carbonyl (C=O) groups excluding carboxylic acids is 2. The van der Waals surface area contributed by atoms with E-state index < -0.39 is 6.04 Å². The van der Waals surface area contributed by atoms with E-state index in [9.17, 15) is 9.59 Å². The van der Waals surface area contributed by atoms with Crippen molar-refractivity contribution in [3.8, 4) is 0 Å². The Labute approximate surface area is 193 Å². The lowest BCUT2D eigenvalue weighted by atomic mass is 10.1. The van der Waals surface area contributed by atoms with Crippen LogP contribution in [0.15, 0.2) is 48.5 Å². The summed E-state index contributed by atoms with van der Waals surface area (Å²) in [6.45, 7) is 4.87. The maximum atomic E-state index is 13.0. The summed E-state index contributed by atoms with van der Waals surface area (Å²) in [7, 11) is 0. The number of hydrogen-bond acceptors (Lipinski definition) is 3. The summed E-state index contributed by atoms with van der Waals surface area (Å²) in [6.07, 6.45) is 1.92. The van der Waals surface area contributed by atoms with Gasteiger partial charge in [0.25, 0.3) is 0 Å². The Morgan fingerprint density at radius 3 is 2.53 bits per heavy atom. The average molecular weight is 467 g/mol. The van der Waals surface area contributed by atoms with Gasteiger partial charge in [0.15, 0.2) is 0 Å². The SMILES string of the molecule is CCCCNC(=O)C(C)N(Cc1ccccc1)C(=O)CSCc1ccc(Cl)cc1Cl. The highest BCUT2D eigenvalue weighted by Crippen LogP contribution is 2.25. The van der Waals surface area contributed by atoms with Gasteiger partial charge in [-0.05, 0) is 36.6 Å². The molecule has 2 amide bonds. The molecule has 30 heavy (non-hydrogen) atoms. The molecule has 0 fully saturated rings. The number of carbonyl (C=O) groups is 2. The topological polar surface area (TPSA) is 49.4 Å². The average Bonchev–Trinajstić information content (AvgIpc) is 2.73. The minimum absolute atomic E-state index is 0.0768. The summed E-state index contributed by atoms with van der Waals surface area (Å²) in [4.78, 5) is 27.3. The van der Waals surface area contributed by atoms with E-state index in [4.69, 9.17) is 23.2 Å². The molecule has 0 saturated heterocycles. The number of nitrogens with one attached hydrogen (secondary N) is 1. The predicted molar refractivity (Wildman–Crippen MR) is 127 cm³/mol. The van der Waals surface area contributed by atoms with Crippen LogP contribution in [-0.4, -0.2) is 35.1 Å². The lowest BCUT2D eigenvalue weighted by Crippen LogP contribution is -2.48. The van der Waals surface area contributed by atoms with Gasteiger partial charge >= 0.3 is 0 Å². The maximum Gasteiger partial charge on any atom is 0.242 e. The summed E-state index contributed by atoms with van der Waals surface area (Å²) in [5, 5.41) is 4.10. The van der Waals surface area contributed by atoms with Gasteiger partial charge in [-0.25, -0.2) is 0 Å². The molecule has 0 aliphatic heterocycles. The zero-order valence-corrected chi connectivity index (χ0v) is 19.7. The van der Waals surface area contributed by atoms with Crippen molar-refractivity contribution in [1.82, 2.24) is 10.2 Å². The molecule has 2 rings (SSSR count). The second-order valence-electron chi connectivity index (χ2n) is 7.06. The summed E-state index contributed by atoms with van der Waals surface area (Å²) in [5.41, 5.74) is 1.92. The first-order valence-electron chi connectivity index (χ1n) is 10.0. The largest absolute Gasteiger partial charge is 0.354 e. The second kappa shape index (κ2) is 12.9. The smallest absolute Gasteiger partial charge is 0.242 e. The highest BCUT2D eigenvalue weighted by molar-refractivity contribution is 7.99. The van der Waals surface area contributed by atoms with Gasteiger partial charge in [0, 0.05) is 28.9 Å². The number of benzene rings is 2. The fourth-order valence-electron chi connectivity index (χ4n) is 2.87. The number of nitrogens with zero attached hydrogens (tertiary/aromatic N) is 1. The third-order valence-corrected chi connectivity index (χ3v) is 6.24. The van der Waals surface area contributed by atoms with Gasteiger partial charge in [-0.15, -0.1) is 11.8 Å². The van der Waals surface area contributed by atoms with Crippen LogP contribution < -0.4 is 5.32 Å². The molecule has 1 unspecified atom stereocenters. The van der Waals surface area contributed by atoms with Crippen LogP contribution in [0, 0.1) is 0 Å². The molecule has 0 aliphatic carbocycles. The summed E-state index contributed by atoms with van der Waals surface area (Å²) >= 11 is 13.6. The van der Waals surface area contributed by atoms with Gasteiger partial charge in [-0.3, -0.25) is 9.59 Å². The molecular formula is C23H28Cl2N2O2S. The first-order chi connectivity index (χ1) is 14.4. The van der Waals surface area contributed by atoms with Crippen molar-refractivity contribution >= 4 is 46.8 Å². The van der Waals surface area contributed by atoms with Gasteiger partial charge in [0.1, 0.15) is 6.04 Å². The minimum atomic E-state index is -0.547. The molecule has 0 heterocycles. The molecule has 1 atom stereocenters. The van der Waals surface area contributed by atoms with E-state index in [1.54, 1.807) is 24.0 Å². The second-order valence-corrected chi connectivity index (χ2v) is 8.89. The zero-order chi connectivity index (χ0) is 21.9.